The first-order chi connectivity index (χ1) is 14.9. The van der Waals surface area contributed by atoms with Crippen LogP contribution in [-0.2, 0) is 6.54 Å². The Labute approximate surface area is 196 Å². The lowest BCUT2D eigenvalue weighted by atomic mass is 10.1. The van der Waals surface area contributed by atoms with Gasteiger partial charge in [-0.3, -0.25) is 9.78 Å². The first-order valence-corrected chi connectivity index (χ1v) is 11.5. The van der Waals surface area contributed by atoms with E-state index in [-0.39, 0.29) is 22.0 Å². The number of amides is 1. The first-order valence-electron chi connectivity index (χ1n) is 9.01. The fourth-order valence-electron chi connectivity index (χ4n) is 3.03. The Morgan fingerprint density at radius 2 is 1.84 bits per heavy atom. The topological polar surface area (TPSA) is 70.5 Å². The minimum atomic E-state index is -1.11. The number of aromatic nitrogens is 1. The second-order valence-corrected chi connectivity index (χ2v) is 9.35. The molecule has 0 saturated carbocycles. The van der Waals surface area contributed by atoms with Gasteiger partial charge in [-0.1, -0.05) is 53.5 Å². The zero-order valence-electron chi connectivity index (χ0n) is 15.8. The van der Waals surface area contributed by atoms with Gasteiger partial charge in [0.25, 0.3) is 5.91 Å². The van der Waals surface area contributed by atoms with E-state index in [1.165, 1.54) is 28.4 Å². The Kier molecular flexibility index (Phi) is 6.38. The number of thiophene rings is 1. The second kappa shape index (κ2) is 9.20. The van der Waals surface area contributed by atoms with E-state index in [9.17, 15) is 14.7 Å². The van der Waals surface area contributed by atoms with Crippen molar-refractivity contribution in [2.75, 3.05) is 4.90 Å². The number of carbonyl (C=O) groups is 2. The van der Waals surface area contributed by atoms with Gasteiger partial charge in [-0.25, -0.2) is 4.79 Å². The van der Waals surface area contributed by atoms with E-state index < -0.39 is 11.9 Å². The summed E-state index contributed by atoms with van der Waals surface area (Å²) in [5, 5.41) is 10.5. The number of carbonyl (C=O) groups excluding carboxylic acids is 1. The number of aromatic carboxylic acids is 1. The third-order valence-electron chi connectivity index (χ3n) is 4.46. The highest BCUT2D eigenvalue weighted by Gasteiger charge is 2.28. The average molecular weight is 489 g/mol. The summed E-state index contributed by atoms with van der Waals surface area (Å²) < 4.78 is 0. The molecule has 0 aliphatic carbocycles. The van der Waals surface area contributed by atoms with Gasteiger partial charge in [0.1, 0.15) is 4.88 Å². The molecule has 2 aromatic carbocycles. The molecule has 1 N–H and O–H groups in total. The molecule has 0 aliphatic heterocycles. The molecule has 0 fully saturated rings. The molecule has 0 unspecified atom stereocenters. The fraction of sp³-hybridized carbons (Fsp3) is 0.0455. The summed E-state index contributed by atoms with van der Waals surface area (Å²) in [6, 6.07) is 15.8. The molecule has 31 heavy (non-hydrogen) atoms. The van der Waals surface area contributed by atoms with Crippen molar-refractivity contribution < 1.29 is 14.7 Å². The van der Waals surface area contributed by atoms with Gasteiger partial charge in [0.15, 0.2) is 0 Å². The van der Waals surface area contributed by atoms with Crippen LogP contribution in [0.2, 0.25) is 10.0 Å². The number of hydrogen-bond donors (Lipinski definition) is 1. The first kappa shape index (κ1) is 21.5. The number of nitrogens with zero attached hydrogens (tertiary/aromatic N) is 2. The minimum absolute atomic E-state index is 0.0711. The summed E-state index contributed by atoms with van der Waals surface area (Å²) in [6.07, 6.45) is 1.65. The van der Waals surface area contributed by atoms with Crippen LogP contribution in [0.3, 0.4) is 0 Å². The lowest BCUT2D eigenvalue weighted by Gasteiger charge is -2.22. The molecule has 5 nitrogen and oxygen atoms in total. The predicted octanol–water partition coefficient (Wildman–Crippen LogP) is 6.72. The normalized spacial score (nSPS) is 10.8. The lowest BCUT2D eigenvalue weighted by Crippen LogP contribution is -2.31. The zero-order valence-corrected chi connectivity index (χ0v) is 18.9. The molecule has 0 bridgehead atoms. The smallest absolute Gasteiger partial charge is 0.348 e. The van der Waals surface area contributed by atoms with Gasteiger partial charge in [0.05, 0.1) is 28.3 Å². The van der Waals surface area contributed by atoms with Crippen LogP contribution in [0.15, 0.2) is 66.3 Å². The number of thiazole rings is 1. The van der Waals surface area contributed by atoms with Gasteiger partial charge in [-0.2, -0.15) is 0 Å². The van der Waals surface area contributed by atoms with Crippen molar-refractivity contribution in [3.05, 3.63) is 91.7 Å². The van der Waals surface area contributed by atoms with E-state index >= 15 is 0 Å². The van der Waals surface area contributed by atoms with Crippen molar-refractivity contribution in [1.29, 1.82) is 0 Å². The Morgan fingerprint density at radius 1 is 1.06 bits per heavy atom. The minimum Gasteiger partial charge on any atom is -0.477 e. The average Bonchev–Trinajstić information content (AvgIpc) is 3.42. The summed E-state index contributed by atoms with van der Waals surface area (Å²) in [6.45, 7) is 0.160. The van der Waals surface area contributed by atoms with Crippen LogP contribution < -0.4 is 4.90 Å². The van der Waals surface area contributed by atoms with Crippen molar-refractivity contribution in [3.8, 4) is 10.4 Å². The van der Waals surface area contributed by atoms with E-state index in [1.807, 2.05) is 30.3 Å². The van der Waals surface area contributed by atoms with Crippen LogP contribution in [0.5, 0.6) is 0 Å². The number of halogens is 2. The van der Waals surface area contributed by atoms with Crippen LogP contribution >= 0.6 is 45.9 Å². The third kappa shape index (κ3) is 4.65. The fourth-order valence-corrected chi connectivity index (χ4v) is 5.11. The number of carboxylic acids is 1. The molecule has 2 aromatic heterocycles. The Balaban J connectivity index is 1.84. The maximum absolute atomic E-state index is 13.5. The Bertz CT molecular complexity index is 1240. The van der Waals surface area contributed by atoms with Crippen LogP contribution in [0.1, 0.15) is 24.9 Å². The van der Waals surface area contributed by atoms with Gasteiger partial charge >= 0.3 is 5.97 Å². The molecule has 4 rings (SSSR count). The monoisotopic (exact) mass is 488 g/mol. The highest BCUT2D eigenvalue weighted by molar-refractivity contribution is 7.18. The van der Waals surface area contributed by atoms with E-state index in [0.717, 1.165) is 26.7 Å². The number of rotatable bonds is 6. The van der Waals surface area contributed by atoms with Crippen LogP contribution in [0.4, 0.5) is 5.69 Å². The van der Waals surface area contributed by atoms with Crippen molar-refractivity contribution in [2.45, 2.75) is 6.54 Å². The van der Waals surface area contributed by atoms with Crippen molar-refractivity contribution in [1.82, 2.24) is 4.98 Å². The van der Waals surface area contributed by atoms with E-state index in [4.69, 9.17) is 23.2 Å². The van der Waals surface area contributed by atoms with E-state index in [1.54, 1.807) is 23.8 Å². The summed E-state index contributed by atoms with van der Waals surface area (Å²) in [7, 11) is 0. The maximum atomic E-state index is 13.5. The van der Waals surface area contributed by atoms with Crippen molar-refractivity contribution in [2.24, 2.45) is 0 Å². The van der Waals surface area contributed by atoms with Gasteiger partial charge in [-0.05, 0) is 29.8 Å². The molecule has 0 saturated heterocycles. The Hall–Kier alpha value is -2.71. The molecule has 2 heterocycles. The SMILES string of the molecule is O=C(O)c1sc(-c2ccccc2)cc1N(Cc1cncs1)C(=O)c1ccc(Cl)cc1Cl. The number of carboxylic acid groups (broad SMARTS) is 1. The molecule has 0 atom stereocenters. The van der Waals surface area contributed by atoms with Crippen LogP contribution in [0.25, 0.3) is 10.4 Å². The molecule has 9 heteroatoms. The van der Waals surface area contributed by atoms with Crippen LogP contribution in [-0.4, -0.2) is 22.0 Å². The molecular formula is C22H14Cl2N2O3S2. The van der Waals surface area contributed by atoms with Gasteiger partial charge in [0, 0.05) is 21.0 Å². The molecule has 0 radical (unpaired) electrons. The molecular weight excluding hydrogens is 475 g/mol. The summed E-state index contributed by atoms with van der Waals surface area (Å²) in [5.74, 6) is -1.53. The largest absolute Gasteiger partial charge is 0.477 e. The molecule has 4 aromatic rings. The molecule has 0 aliphatic rings. The van der Waals surface area contributed by atoms with Crippen molar-refractivity contribution in [3.63, 3.8) is 0 Å². The summed E-state index contributed by atoms with van der Waals surface area (Å²) in [5.41, 5.74) is 3.07. The summed E-state index contributed by atoms with van der Waals surface area (Å²) in [4.78, 5) is 32.7. The maximum Gasteiger partial charge on any atom is 0.348 e. The molecule has 0 spiro atoms. The standard InChI is InChI=1S/C22H14Cl2N2O3S2/c23-14-6-7-16(17(24)8-14)21(27)26(11-15-10-25-12-30-15)18-9-19(31-20(18)22(28)29)13-4-2-1-3-5-13/h1-10,12H,11H2,(H,28,29). The highest BCUT2D eigenvalue weighted by Crippen LogP contribution is 2.39. The number of benzene rings is 2. The molecule has 156 valence electrons. The van der Waals surface area contributed by atoms with Gasteiger partial charge in [-0.15, -0.1) is 22.7 Å². The third-order valence-corrected chi connectivity index (χ3v) is 6.93. The van der Waals surface area contributed by atoms with Crippen molar-refractivity contribution >= 4 is 63.4 Å². The summed E-state index contributed by atoms with van der Waals surface area (Å²) >= 11 is 14.8. The Morgan fingerprint density at radius 3 is 2.48 bits per heavy atom. The number of anilines is 1. The zero-order chi connectivity index (χ0) is 22.0. The predicted molar refractivity (Wildman–Crippen MR) is 126 cm³/mol. The van der Waals surface area contributed by atoms with Gasteiger partial charge < -0.3 is 10.0 Å². The molecule has 1 amide bonds. The van der Waals surface area contributed by atoms with E-state index in [0.29, 0.717) is 10.7 Å². The lowest BCUT2D eigenvalue weighted by molar-refractivity contribution is 0.0703. The van der Waals surface area contributed by atoms with Crippen LogP contribution in [0, 0.1) is 0 Å². The van der Waals surface area contributed by atoms with E-state index in [2.05, 4.69) is 4.98 Å². The quantitative estimate of drug-likeness (QED) is 0.326. The highest BCUT2D eigenvalue weighted by atomic mass is 35.5. The second-order valence-electron chi connectivity index (χ2n) is 6.48. The van der Waals surface area contributed by atoms with Gasteiger partial charge in [0.2, 0.25) is 0 Å². The number of hydrogen-bond acceptors (Lipinski definition) is 5.